The highest BCUT2D eigenvalue weighted by atomic mass is 16.3. The Labute approximate surface area is 66.1 Å². The molecule has 3 nitrogen and oxygen atoms in total. The van der Waals surface area contributed by atoms with Crippen LogP contribution in [0.5, 0.6) is 0 Å². The van der Waals surface area contributed by atoms with Crippen LogP contribution in [0.1, 0.15) is 25.1 Å². The van der Waals surface area contributed by atoms with Gasteiger partial charge in [-0.05, 0) is 12.5 Å². The molecule has 1 heterocycles. The summed E-state index contributed by atoms with van der Waals surface area (Å²) in [6, 6.07) is 1.77. The molecule has 1 atom stereocenters. The van der Waals surface area contributed by atoms with Crippen LogP contribution in [-0.2, 0) is 0 Å². The first-order valence-electron chi connectivity index (χ1n) is 3.76. The smallest absolute Gasteiger partial charge is 0.133 e. The fraction of sp³-hybridized carbons (Fsp3) is 0.500. The summed E-state index contributed by atoms with van der Waals surface area (Å²) in [7, 11) is 0. The second-order valence-electron chi connectivity index (χ2n) is 2.39. The lowest BCUT2D eigenvalue weighted by atomic mass is 10.1. The number of hydrogen-bond donors (Lipinski definition) is 1. The van der Waals surface area contributed by atoms with Crippen LogP contribution in [0, 0.1) is 0 Å². The lowest BCUT2D eigenvalue weighted by Gasteiger charge is -2.07. The predicted octanol–water partition coefficient (Wildman–Crippen LogP) is 0.962. The van der Waals surface area contributed by atoms with Gasteiger partial charge in [0.2, 0.25) is 0 Å². The van der Waals surface area contributed by atoms with Crippen molar-refractivity contribution < 1.29 is 5.11 Å². The zero-order valence-corrected chi connectivity index (χ0v) is 6.57. The van der Waals surface area contributed by atoms with Gasteiger partial charge in [-0.25, -0.2) is 9.97 Å². The van der Waals surface area contributed by atoms with Gasteiger partial charge in [0.1, 0.15) is 5.82 Å². The molecule has 0 saturated carbocycles. The summed E-state index contributed by atoms with van der Waals surface area (Å²) in [6.07, 6.45) is 4.27. The number of aromatic nitrogens is 2. The minimum Gasteiger partial charge on any atom is -0.396 e. The molecular formula is C8H12N2O. The van der Waals surface area contributed by atoms with E-state index in [4.69, 9.17) is 5.11 Å². The van der Waals surface area contributed by atoms with Gasteiger partial charge in [-0.2, -0.15) is 0 Å². The van der Waals surface area contributed by atoms with Crippen LogP contribution in [0.3, 0.4) is 0 Å². The molecule has 0 bridgehead atoms. The summed E-state index contributed by atoms with van der Waals surface area (Å²) in [5.41, 5.74) is 0. The summed E-state index contributed by atoms with van der Waals surface area (Å²) >= 11 is 0. The number of aliphatic hydroxyl groups excluding tert-OH is 1. The van der Waals surface area contributed by atoms with E-state index in [1.165, 1.54) is 0 Å². The zero-order valence-electron chi connectivity index (χ0n) is 6.57. The molecule has 11 heavy (non-hydrogen) atoms. The fourth-order valence-electron chi connectivity index (χ4n) is 0.915. The first-order chi connectivity index (χ1) is 5.38. The Morgan fingerprint density at radius 1 is 1.45 bits per heavy atom. The summed E-state index contributed by atoms with van der Waals surface area (Å²) in [5, 5.41) is 8.90. The van der Waals surface area contributed by atoms with E-state index in [-0.39, 0.29) is 12.5 Å². The molecule has 1 unspecified atom stereocenters. The van der Waals surface area contributed by atoms with E-state index in [0.29, 0.717) is 0 Å². The van der Waals surface area contributed by atoms with Crippen molar-refractivity contribution >= 4 is 0 Å². The van der Waals surface area contributed by atoms with Gasteiger partial charge >= 0.3 is 0 Å². The molecule has 0 amide bonds. The molecule has 1 aromatic rings. The van der Waals surface area contributed by atoms with Crippen molar-refractivity contribution in [3.8, 4) is 0 Å². The van der Waals surface area contributed by atoms with Gasteiger partial charge in [-0.15, -0.1) is 0 Å². The summed E-state index contributed by atoms with van der Waals surface area (Å²) in [4.78, 5) is 8.10. The van der Waals surface area contributed by atoms with E-state index in [1.807, 2.05) is 6.92 Å². The Bertz CT molecular complexity index is 197. The standard InChI is InChI=1S/C8H12N2O/c1-2-7(6-11)8-9-4-3-5-10-8/h3-5,7,11H,2,6H2,1H3. The lowest BCUT2D eigenvalue weighted by Crippen LogP contribution is -2.06. The normalized spacial score (nSPS) is 12.9. The lowest BCUT2D eigenvalue weighted by molar-refractivity contribution is 0.257. The SMILES string of the molecule is CCC(CO)c1ncccn1. The van der Waals surface area contributed by atoms with Crippen LogP contribution < -0.4 is 0 Å². The van der Waals surface area contributed by atoms with E-state index in [2.05, 4.69) is 9.97 Å². The van der Waals surface area contributed by atoms with Crippen molar-refractivity contribution in [2.45, 2.75) is 19.3 Å². The molecule has 0 spiro atoms. The van der Waals surface area contributed by atoms with E-state index >= 15 is 0 Å². The Hall–Kier alpha value is -0.960. The highest BCUT2D eigenvalue weighted by molar-refractivity contribution is 4.96. The number of hydrogen-bond acceptors (Lipinski definition) is 3. The van der Waals surface area contributed by atoms with Crippen molar-refractivity contribution in [2.75, 3.05) is 6.61 Å². The second-order valence-corrected chi connectivity index (χ2v) is 2.39. The average molecular weight is 152 g/mol. The third kappa shape index (κ3) is 1.98. The molecule has 1 N–H and O–H groups in total. The topological polar surface area (TPSA) is 46.0 Å². The monoisotopic (exact) mass is 152 g/mol. The first kappa shape index (κ1) is 8.14. The quantitative estimate of drug-likeness (QED) is 0.701. The Kier molecular flexibility index (Phi) is 2.98. The highest BCUT2D eigenvalue weighted by Crippen LogP contribution is 2.12. The van der Waals surface area contributed by atoms with Crippen LogP contribution >= 0.6 is 0 Å². The van der Waals surface area contributed by atoms with E-state index in [0.717, 1.165) is 12.2 Å². The first-order valence-corrected chi connectivity index (χ1v) is 3.76. The number of rotatable bonds is 3. The second kappa shape index (κ2) is 4.03. The van der Waals surface area contributed by atoms with Gasteiger partial charge in [0.05, 0.1) is 6.61 Å². The molecular weight excluding hydrogens is 140 g/mol. The number of aliphatic hydroxyl groups is 1. The maximum atomic E-state index is 8.90. The van der Waals surface area contributed by atoms with E-state index in [1.54, 1.807) is 18.5 Å². The van der Waals surface area contributed by atoms with Gasteiger partial charge in [-0.3, -0.25) is 0 Å². The van der Waals surface area contributed by atoms with Gasteiger partial charge in [0.15, 0.2) is 0 Å². The molecule has 0 radical (unpaired) electrons. The molecule has 0 fully saturated rings. The third-order valence-electron chi connectivity index (χ3n) is 1.66. The molecule has 0 saturated heterocycles. The van der Waals surface area contributed by atoms with Crippen molar-refractivity contribution in [2.24, 2.45) is 0 Å². The van der Waals surface area contributed by atoms with Crippen LogP contribution in [0.25, 0.3) is 0 Å². The molecule has 3 heteroatoms. The largest absolute Gasteiger partial charge is 0.396 e. The van der Waals surface area contributed by atoms with Gasteiger partial charge in [0, 0.05) is 18.3 Å². The van der Waals surface area contributed by atoms with E-state index in [9.17, 15) is 0 Å². The molecule has 0 aliphatic carbocycles. The molecule has 0 aliphatic heterocycles. The van der Waals surface area contributed by atoms with Crippen LogP contribution in [0.2, 0.25) is 0 Å². The molecule has 0 aliphatic rings. The summed E-state index contributed by atoms with van der Waals surface area (Å²) < 4.78 is 0. The number of nitrogens with zero attached hydrogens (tertiary/aromatic N) is 2. The van der Waals surface area contributed by atoms with Gasteiger partial charge in [0.25, 0.3) is 0 Å². The Morgan fingerprint density at radius 3 is 2.55 bits per heavy atom. The summed E-state index contributed by atoms with van der Waals surface area (Å²) in [6.45, 7) is 2.14. The van der Waals surface area contributed by atoms with Gasteiger partial charge in [-0.1, -0.05) is 6.92 Å². The molecule has 1 rings (SSSR count). The van der Waals surface area contributed by atoms with Crippen LogP contribution in [0.4, 0.5) is 0 Å². The minimum atomic E-state index is 0.0937. The molecule has 60 valence electrons. The van der Waals surface area contributed by atoms with Crippen molar-refractivity contribution in [3.05, 3.63) is 24.3 Å². The average Bonchev–Trinajstić information content (AvgIpc) is 2.09. The third-order valence-corrected chi connectivity index (χ3v) is 1.66. The van der Waals surface area contributed by atoms with Crippen LogP contribution in [-0.4, -0.2) is 21.7 Å². The Balaban J connectivity index is 2.74. The zero-order chi connectivity index (χ0) is 8.10. The van der Waals surface area contributed by atoms with E-state index < -0.39 is 0 Å². The minimum absolute atomic E-state index is 0.0937. The molecule has 1 aromatic heterocycles. The van der Waals surface area contributed by atoms with Crippen molar-refractivity contribution in [1.82, 2.24) is 9.97 Å². The van der Waals surface area contributed by atoms with Crippen molar-refractivity contribution in [1.29, 1.82) is 0 Å². The summed E-state index contributed by atoms with van der Waals surface area (Å²) in [5.74, 6) is 0.827. The predicted molar refractivity (Wildman–Crippen MR) is 42.1 cm³/mol. The molecule has 0 aromatic carbocycles. The van der Waals surface area contributed by atoms with Crippen LogP contribution in [0.15, 0.2) is 18.5 Å². The highest BCUT2D eigenvalue weighted by Gasteiger charge is 2.08. The maximum Gasteiger partial charge on any atom is 0.133 e. The van der Waals surface area contributed by atoms with Gasteiger partial charge < -0.3 is 5.11 Å². The van der Waals surface area contributed by atoms with Crippen molar-refractivity contribution in [3.63, 3.8) is 0 Å². The maximum absolute atomic E-state index is 8.90. The Morgan fingerprint density at radius 2 is 2.09 bits per heavy atom. The fourth-order valence-corrected chi connectivity index (χ4v) is 0.915.